The lowest BCUT2D eigenvalue weighted by molar-refractivity contribution is 0.667. The Balaban J connectivity index is 0.807. The van der Waals surface area contributed by atoms with Gasteiger partial charge in [-0.15, -0.1) is 0 Å². The first kappa shape index (κ1) is 39.1. The largest absolute Gasteiger partial charge is 0.452 e. The molecule has 13 aromatic rings. The maximum Gasteiger partial charge on any atom is 0.180 e. The molecule has 0 fully saturated rings. The predicted octanol–water partition coefficient (Wildman–Crippen LogP) is 16.4. The fourth-order valence-electron chi connectivity index (χ4n) is 9.26. The summed E-state index contributed by atoms with van der Waals surface area (Å²) in [6.45, 7) is 0. The van der Waals surface area contributed by atoms with Crippen molar-refractivity contribution in [2.75, 3.05) is 0 Å². The molecular weight excluding hydrogens is 833 g/mol. The molecule has 0 aliphatic rings. The van der Waals surface area contributed by atoms with Gasteiger partial charge in [-0.1, -0.05) is 194 Å². The Labute approximate surface area is 391 Å². The summed E-state index contributed by atoms with van der Waals surface area (Å²) >= 11 is 0. The summed E-state index contributed by atoms with van der Waals surface area (Å²) in [5.41, 5.74) is 18.8. The lowest BCUT2D eigenvalue weighted by Gasteiger charge is -2.10. The average Bonchev–Trinajstić information content (AvgIpc) is 4.00. The van der Waals surface area contributed by atoms with Crippen LogP contribution in [0.1, 0.15) is 0 Å². The number of rotatable bonds is 8. The van der Waals surface area contributed by atoms with E-state index in [0.717, 1.165) is 111 Å². The third kappa shape index (κ3) is 7.00. The first-order valence-corrected chi connectivity index (χ1v) is 22.7. The summed E-state index contributed by atoms with van der Waals surface area (Å²) in [6, 6.07) is 79.5. The number of hydrogen-bond donors (Lipinski definition) is 0. The third-order valence-electron chi connectivity index (χ3n) is 12.8. The van der Waals surface area contributed by atoms with Gasteiger partial charge in [-0.25, -0.2) is 19.9 Å². The van der Waals surface area contributed by atoms with Gasteiger partial charge < -0.3 is 8.83 Å². The highest BCUT2D eigenvalue weighted by Crippen LogP contribution is 2.39. The van der Waals surface area contributed by atoms with Gasteiger partial charge in [0.2, 0.25) is 0 Å². The lowest BCUT2D eigenvalue weighted by Crippen LogP contribution is -1.94. The second-order valence-electron chi connectivity index (χ2n) is 17.0. The predicted molar refractivity (Wildman–Crippen MR) is 276 cm³/mol. The summed E-state index contributed by atoms with van der Waals surface area (Å²) in [6.07, 6.45) is 0. The molecule has 0 N–H and O–H groups in total. The Bertz CT molecular complexity index is 3730. The fraction of sp³-hybridized carbons (Fsp3) is 0. The van der Waals surface area contributed by atoms with Crippen LogP contribution in [-0.4, -0.2) is 19.9 Å². The number of benzene rings is 9. The fourth-order valence-corrected chi connectivity index (χ4v) is 9.26. The minimum atomic E-state index is 0.652. The SMILES string of the molecule is c1ccc(-c2cccc(-c3nc(-c4ccc(-c5ccc(-c6ccc(-c7nc(-c8cccc(-c9ccccc9)c8)nc8c7oc7ccccc78)cc6)cc5)cc4)c4oc5ccccc5c4n3)c2)cc1. The van der Waals surface area contributed by atoms with E-state index in [9.17, 15) is 0 Å². The summed E-state index contributed by atoms with van der Waals surface area (Å²) < 4.78 is 12.9. The van der Waals surface area contributed by atoms with Gasteiger partial charge in [0.25, 0.3) is 0 Å². The minimum Gasteiger partial charge on any atom is -0.452 e. The molecule has 0 bridgehead atoms. The average molecular weight is 871 g/mol. The zero-order valence-corrected chi connectivity index (χ0v) is 36.5. The van der Waals surface area contributed by atoms with Gasteiger partial charge in [-0.2, -0.15) is 0 Å². The molecule has 0 aliphatic carbocycles. The van der Waals surface area contributed by atoms with Crippen LogP contribution in [0.5, 0.6) is 0 Å². The number of para-hydroxylation sites is 2. The van der Waals surface area contributed by atoms with E-state index < -0.39 is 0 Å². The lowest BCUT2D eigenvalue weighted by atomic mass is 9.98. The summed E-state index contributed by atoms with van der Waals surface area (Å²) in [7, 11) is 0. The smallest absolute Gasteiger partial charge is 0.180 e. The molecular formula is C62H38N4O2. The molecule has 0 radical (unpaired) electrons. The molecule has 0 atom stereocenters. The number of nitrogens with zero attached hydrogens (tertiary/aromatic N) is 4. The van der Waals surface area contributed by atoms with Crippen molar-refractivity contribution in [3.05, 3.63) is 231 Å². The highest BCUT2D eigenvalue weighted by Gasteiger charge is 2.21. The van der Waals surface area contributed by atoms with Crippen molar-refractivity contribution in [3.8, 4) is 89.8 Å². The molecule has 6 heteroatoms. The van der Waals surface area contributed by atoms with Crippen LogP contribution in [0, 0.1) is 0 Å². The minimum absolute atomic E-state index is 0.652. The first-order chi connectivity index (χ1) is 33.7. The molecule has 4 heterocycles. The van der Waals surface area contributed by atoms with E-state index in [4.69, 9.17) is 28.8 Å². The van der Waals surface area contributed by atoms with Crippen molar-refractivity contribution in [1.82, 2.24) is 19.9 Å². The maximum absolute atomic E-state index is 6.46. The standard InChI is InChI=1S/C62H38N4O2/c1-3-13-39(14-4-1)47-17-11-19-49(37-47)61-63-55(59-57(65-61)51-21-7-9-23-53(51)67-59)45-33-29-43(30-34-45)41-25-27-42(28-26-41)44-31-35-46(36-32-44)56-60-58(52-22-8-10-24-54(52)68-60)66-62(64-56)50-20-12-18-48(38-50)40-15-5-2-6-16-40/h1-38H. The van der Waals surface area contributed by atoms with Gasteiger partial charge in [0.05, 0.1) is 0 Å². The van der Waals surface area contributed by atoms with Gasteiger partial charge in [0.1, 0.15) is 33.6 Å². The van der Waals surface area contributed by atoms with E-state index in [1.54, 1.807) is 0 Å². The molecule has 0 aliphatic heterocycles. The topological polar surface area (TPSA) is 77.8 Å². The molecule has 0 saturated carbocycles. The summed E-state index contributed by atoms with van der Waals surface area (Å²) in [4.78, 5) is 20.6. The van der Waals surface area contributed by atoms with Crippen LogP contribution in [0.25, 0.3) is 134 Å². The van der Waals surface area contributed by atoms with Crippen molar-refractivity contribution in [2.45, 2.75) is 0 Å². The van der Waals surface area contributed by atoms with Gasteiger partial charge in [-0.3, -0.25) is 0 Å². The van der Waals surface area contributed by atoms with Crippen molar-refractivity contribution in [2.24, 2.45) is 0 Å². The van der Waals surface area contributed by atoms with Crippen LogP contribution in [0.15, 0.2) is 239 Å². The van der Waals surface area contributed by atoms with Crippen LogP contribution >= 0.6 is 0 Å². The van der Waals surface area contributed by atoms with Crippen molar-refractivity contribution < 1.29 is 8.83 Å². The highest BCUT2D eigenvalue weighted by atomic mass is 16.3. The molecule has 0 saturated heterocycles. The molecule has 0 spiro atoms. The quantitative estimate of drug-likeness (QED) is 0.151. The summed E-state index contributed by atoms with van der Waals surface area (Å²) in [5.74, 6) is 1.30. The van der Waals surface area contributed by atoms with Crippen LogP contribution < -0.4 is 0 Å². The molecule has 9 aromatic carbocycles. The Morgan fingerprint density at radius 2 is 0.544 bits per heavy atom. The Morgan fingerprint density at radius 3 is 0.941 bits per heavy atom. The number of furan rings is 2. The summed E-state index contributed by atoms with van der Waals surface area (Å²) in [5, 5.41) is 1.93. The van der Waals surface area contributed by atoms with Gasteiger partial charge in [-0.05, 0) is 80.9 Å². The van der Waals surface area contributed by atoms with Crippen molar-refractivity contribution in [3.63, 3.8) is 0 Å². The van der Waals surface area contributed by atoms with Gasteiger partial charge in [0.15, 0.2) is 22.8 Å². The number of aromatic nitrogens is 4. The molecule has 0 amide bonds. The molecule has 318 valence electrons. The first-order valence-electron chi connectivity index (χ1n) is 22.7. The molecule has 68 heavy (non-hydrogen) atoms. The van der Waals surface area contributed by atoms with E-state index in [1.807, 2.05) is 48.5 Å². The van der Waals surface area contributed by atoms with Crippen LogP contribution in [0.2, 0.25) is 0 Å². The van der Waals surface area contributed by atoms with Crippen molar-refractivity contribution in [1.29, 1.82) is 0 Å². The number of fused-ring (bicyclic) bond motifs is 6. The van der Waals surface area contributed by atoms with E-state index in [1.165, 1.54) is 0 Å². The van der Waals surface area contributed by atoms with Gasteiger partial charge in [0, 0.05) is 33.0 Å². The van der Waals surface area contributed by atoms with E-state index >= 15 is 0 Å². The maximum atomic E-state index is 6.46. The Morgan fingerprint density at radius 1 is 0.235 bits per heavy atom. The second kappa shape index (κ2) is 16.3. The number of hydrogen-bond acceptors (Lipinski definition) is 6. The second-order valence-corrected chi connectivity index (χ2v) is 17.0. The zero-order chi connectivity index (χ0) is 45.0. The van der Waals surface area contributed by atoms with E-state index in [-0.39, 0.29) is 0 Å². The normalized spacial score (nSPS) is 11.5. The highest BCUT2D eigenvalue weighted by molar-refractivity contribution is 6.08. The van der Waals surface area contributed by atoms with Crippen LogP contribution in [-0.2, 0) is 0 Å². The third-order valence-corrected chi connectivity index (χ3v) is 12.8. The molecule has 4 aromatic heterocycles. The Hall–Kier alpha value is -9.26. The van der Waals surface area contributed by atoms with E-state index in [0.29, 0.717) is 22.8 Å². The zero-order valence-electron chi connectivity index (χ0n) is 36.5. The molecule has 6 nitrogen and oxygen atoms in total. The Kier molecular flexibility index (Phi) is 9.39. The van der Waals surface area contributed by atoms with Crippen LogP contribution in [0.4, 0.5) is 0 Å². The molecule has 0 unspecified atom stereocenters. The van der Waals surface area contributed by atoms with Crippen molar-refractivity contribution >= 4 is 44.1 Å². The molecule has 13 rings (SSSR count). The van der Waals surface area contributed by atoms with Gasteiger partial charge >= 0.3 is 0 Å². The monoisotopic (exact) mass is 870 g/mol. The van der Waals surface area contributed by atoms with Crippen LogP contribution in [0.3, 0.4) is 0 Å². The van der Waals surface area contributed by atoms with E-state index in [2.05, 4.69) is 182 Å².